The Kier molecular flexibility index (Phi) is 5.89. The predicted octanol–water partition coefficient (Wildman–Crippen LogP) is 2.30. The number of carbonyl (C=O) groups is 3. The Morgan fingerprint density at radius 3 is 2.48 bits per heavy atom. The number of amides is 3. The molecule has 2 fully saturated rings. The number of ether oxygens (including phenoxy) is 1. The molecule has 0 radical (unpaired) electrons. The molecule has 1 unspecified atom stereocenters. The fraction of sp³-hybridized carbons (Fsp3) is 0.526. The minimum Gasteiger partial charge on any atom is -0.450 e. The number of benzene rings is 1. The average Bonchev–Trinajstić information content (AvgIpc) is 3.05. The molecule has 0 bridgehead atoms. The molecule has 0 aromatic heterocycles. The van der Waals surface area contributed by atoms with Gasteiger partial charge in [-0.15, -0.1) is 0 Å². The van der Waals surface area contributed by atoms with E-state index in [-0.39, 0.29) is 30.2 Å². The van der Waals surface area contributed by atoms with Gasteiger partial charge >= 0.3 is 6.09 Å². The van der Waals surface area contributed by atoms with Crippen LogP contribution in [0.25, 0.3) is 0 Å². The number of aryl methyl sites for hydroxylation is 1. The number of hydrogen-bond acceptors (Lipinski definition) is 4. The van der Waals surface area contributed by atoms with Crippen LogP contribution in [0.15, 0.2) is 18.2 Å². The predicted molar refractivity (Wildman–Crippen MR) is 102 cm³/mol. The van der Waals surface area contributed by atoms with Crippen molar-refractivity contribution in [1.82, 2.24) is 9.80 Å². The highest BCUT2D eigenvalue weighted by Gasteiger charge is 2.38. The summed E-state index contributed by atoms with van der Waals surface area (Å²) in [7, 11) is 0. The first kappa shape index (κ1) is 19.5. The van der Waals surface area contributed by atoms with E-state index in [0.717, 1.165) is 11.3 Å². The van der Waals surface area contributed by atoms with Gasteiger partial charge in [0.1, 0.15) is 0 Å². The van der Waals surface area contributed by atoms with Gasteiger partial charge in [-0.1, -0.05) is 17.7 Å². The van der Waals surface area contributed by atoms with Gasteiger partial charge in [0, 0.05) is 49.9 Å². The molecule has 2 heterocycles. The van der Waals surface area contributed by atoms with E-state index in [1.54, 1.807) is 27.7 Å². The van der Waals surface area contributed by atoms with Gasteiger partial charge in [-0.2, -0.15) is 0 Å². The van der Waals surface area contributed by atoms with E-state index >= 15 is 0 Å². The summed E-state index contributed by atoms with van der Waals surface area (Å²) in [4.78, 5) is 42.0. The van der Waals surface area contributed by atoms with Crippen molar-refractivity contribution in [2.45, 2.75) is 20.3 Å². The second-order valence-corrected chi connectivity index (χ2v) is 7.26. The van der Waals surface area contributed by atoms with Crippen LogP contribution in [-0.2, 0) is 14.3 Å². The Hall–Kier alpha value is -2.28. The molecule has 7 nitrogen and oxygen atoms in total. The molecule has 27 heavy (non-hydrogen) atoms. The van der Waals surface area contributed by atoms with Crippen molar-refractivity contribution >= 4 is 35.2 Å². The molecule has 2 saturated heterocycles. The second kappa shape index (κ2) is 8.17. The van der Waals surface area contributed by atoms with E-state index in [1.807, 2.05) is 19.1 Å². The summed E-state index contributed by atoms with van der Waals surface area (Å²) in [6.45, 7) is 6.17. The second-order valence-electron chi connectivity index (χ2n) is 6.85. The zero-order valence-corrected chi connectivity index (χ0v) is 16.4. The lowest BCUT2D eigenvalue weighted by atomic mass is 10.1. The van der Waals surface area contributed by atoms with Crippen molar-refractivity contribution in [3.63, 3.8) is 0 Å². The van der Waals surface area contributed by atoms with Gasteiger partial charge in [-0.25, -0.2) is 4.79 Å². The molecule has 0 spiro atoms. The third-order valence-electron chi connectivity index (χ3n) is 5.06. The summed E-state index contributed by atoms with van der Waals surface area (Å²) >= 11 is 6.17. The van der Waals surface area contributed by atoms with E-state index in [1.165, 1.54) is 0 Å². The molecule has 1 aromatic carbocycles. The summed E-state index contributed by atoms with van der Waals surface area (Å²) in [5.41, 5.74) is 1.66. The van der Waals surface area contributed by atoms with E-state index in [4.69, 9.17) is 16.3 Å². The van der Waals surface area contributed by atoms with Crippen molar-refractivity contribution in [2.75, 3.05) is 44.2 Å². The van der Waals surface area contributed by atoms with Gasteiger partial charge in [0.2, 0.25) is 11.8 Å². The topological polar surface area (TPSA) is 70.2 Å². The average molecular weight is 394 g/mol. The van der Waals surface area contributed by atoms with Crippen LogP contribution in [-0.4, -0.2) is 67.0 Å². The Morgan fingerprint density at radius 2 is 1.85 bits per heavy atom. The zero-order chi connectivity index (χ0) is 19.6. The summed E-state index contributed by atoms with van der Waals surface area (Å²) in [5.74, 6) is -0.474. The molecule has 2 aliphatic rings. The highest BCUT2D eigenvalue weighted by Crippen LogP contribution is 2.29. The van der Waals surface area contributed by atoms with Crippen LogP contribution < -0.4 is 4.90 Å². The Bertz CT molecular complexity index is 746. The van der Waals surface area contributed by atoms with Gasteiger partial charge in [-0.3, -0.25) is 9.59 Å². The van der Waals surface area contributed by atoms with E-state index in [2.05, 4.69) is 0 Å². The van der Waals surface area contributed by atoms with Crippen LogP contribution in [0.5, 0.6) is 0 Å². The SMILES string of the molecule is CCOC(=O)N1CCN(C(=O)C2CC(=O)N(c3ccc(C)c(Cl)c3)C2)CC1. The number of piperazine rings is 1. The van der Waals surface area contributed by atoms with Gasteiger partial charge in [-0.05, 0) is 31.5 Å². The first-order chi connectivity index (χ1) is 12.9. The van der Waals surface area contributed by atoms with Crippen LogP contribution in [0.1, 0.15) is 18.9 Å². The van der Waals surface area contributed by atoms with Crippen LogP contribution in [0, 0.1) is 12.8 Å². The normalized spacial score (nSPS) is 20.2. The van der Waals surface area contributed by atoms with Crippen molar-refractivity contribution < 1.29 is 19.1 Å². The van der Waals surface area contributed by atoms with Crippen LogP contribution in [0.4, 0.5) is 10.5 Å². The van der Waals surface area contributed by atoms with Crippen molar-refractivity contribution in [3.05, 3.63) is 28.8 Å². The Morgan fingerprint density at radius 1 is 1.19 bits per heavy atom. The van der Waals surface area contributed by atoms with Gasteiger partial charge in [0.15, 0.2) is 0 Å². The fourth-order valence-corrected chi connectivity index (χ4v) is 3.63. The molecule has 0 N–H and O–H groups in total. The first-order valence-corrected chi connectivity index (χ1v) is 9.55. The third-order valence-corrected chi connectivity index (χ3v) is 5.47. The third kappa shape index (κ3) is 4.18. The van der Waals surface area contributed by atoms with Crippen molar-refractivity contribution in [1.29, 1.82) is 0 Å². The van der Waals surface area contributed by atoms with Gasteiger partial charge in [0.05, 0.1) is 12.5 Å². The quantitative estimate of drug-likeness (QED) is 0.790. The zero-order valence-electron chi connectivity index (χ0n) is 15.6. The van der Waals surface area contributed by atoms with E-state index < -0.39 is 0 Å². The lowest BCUT2D eigenvalue weighted by Crippen LogP contribution is -2.52. The first-order valence-electron chi connectivity index (χ1n) is 9.17. The van der Waals surface area contributed by atoms with E-state index in [0.29, 0.717) is 44.4 Å². The molecular weight excluding hydrogens is 370 g/mol. The maximum Gasteiger partial charge on any atom is 0.409 e. The molecule has 146 valence electrons. The molecule has 1 atom stereocenters. The summed E-state index contributed by atoms with van der Waals surface area (Å²) in [6, 6.07) is 5.48. The molecule has 3 amide bonds. The highest BCUT2D eigenvalue weighted by atomic mass is 35.5. The fourth-order valence-electron chi connectivity index (χ4n) is 3.45. The molecule has 8 heteroatoms. The molecule has 2 aliphatic heterocycles. The van der Waals surface area contributed by atoms with Gasteiger partial charge < -0.3 is 19.4 Å². The maximum atomic E-state index is 12.8. The largest absolute Gasteiger partial charge is 0.450 e. The summed E-state index contributed by atoms with van der Waals surface area (Å²) in [5, 5.41) is 0.602. The lowest BCUT2D eigenvalue weighted by molar-refractivity contribution is -0.137. The van der Waals surface area contributed by atoms with Gasteiger partial charge in [0.25, 0.3) is 0 Å². The standard InChI is InChI=1S/C19H24ClN3O4/c1-3-27-19(26)22-8-6-21(7-9-22)18(25)14-10-17(24)23(12-14)15-5-4-13(2)16(20)11-15/h4-5,11,14H,3,6-10,12H2,1-2H3. The van der Waals surface area contributed by atoms with Crippen LogP contribution in [0.3, 0.4) is 0 Å². The smallest absolute Gasteiger partial charge is 0.409 e. The summed E-state index contributed by atoms with van der Waals surface area (Å²) in [6.07, 6.45) is -0.148. The Labute approximate surface area is 163 Å². The van der Waals surface area contributed by atoms with Crippen LogP contribution >= 0.6 is 11.6 Å². The molecule has 0 saturated carbocycles. The summed E-state index contributed by atoms with van der Waals surface area (Å²) < 4.78 is 4.99. The monoisotopic (exact) mass is 393 g/mol. The molecule has 3 rings (SSSR count). The molecular formula is C19H24ClN3O4. The number of halogens is 1. The molecule has 1 aromatic rings. The highest BCUT2D eigenvalue weighted by molar-refractivity contribution is 6.31. The minimum absolute atomic E-state index is 0.0347. The number of carbonyl (C=O) groups excluding carboxylic acids is 3. The van der Waals surface area contributed by atoms with Crippen LogP contribution in [0.2, 0.25) is 5.02 Å². The lowest BCUT2D eigenvalue weighted by Gasteiger charge is -2.35. The van der Waals surface area contributed by atoms with Crippen molar-refractivity contribution in [3.8, 4) is 0 Å². The minimum atomic E-state index is -0.369. The number of rotatable bonds is 3. The van der Waals surface area contributed by atoms with Crippen molar-refractivity contribution in [2.24, 2.45) is 5.92 Å². The molecule has 0 aliphatic carbocycles. The van der Waals surface area contributed by atoms with E-state index in [9.17, 15) is 14.4 Å². The maximum absolute atomic E-state index is 12.8. The Balaban J connectivity index is 1.59. The number of anilines is 1. The number of hydrogen-bond donors (Lipinski definition) is 0. The number of nitrogens with zero attached hydrogens (tertiary/aromatic N) is 3.